The van der Waals surface area contributed by atoms with E-state index in [0.717, 1.165) is 17.5 Å². The Labute approximate surface area is 251 Å². The maximum Gasteiger partial charge on any atom is 0.490 e. The Balaban J connectivity index is 0.000000601. The van der Waals surface area contributed by atoms with E-state index in [-0.39, 0.29) is 29.4 Å². The first-order chi connectivity index (χ1) is 20.7. The summed E-state index contributed by atoms with van der Waals surface area (Å²) in [5.74, 6) is -6.14. The normalized spacial score (nSPS) is 16.8. The summed E-state index contributed by atoms with van der Waals surface area (Å²) >= 11 is 0. The van der Waals surface area contributed by atoms with Crippen LogP contribution in [0.2, 0.25) is 0 Å². The first-order valence-corrected chi connectivity index (χ1v) is 12.8. The van der Waals surface area contributed by atoms with Crippen molar-refractivity contribution in [2.75, 3.05) is 6.54 Å². The minimum absolute atomic E-state index is 0.00934. The van der Waals surface area contributed by atoms with Crippen LogP contribution in [-0.2, 0) is 25.7 Å². The number of hydrogen-bond donors (Lipinski definition) is 7. The van der Waals surface area contributed by atoms with Gasteiger partial charge in [-0.2, -0.15) is 26.3 Å². The molecule has 248 valence electrons. The molecule has 0 bridgehead atoms. The van der Waals surface area contributed by atoms with Gasteiger partial charge in [0.05, 0.1) is 6.04 Å². The minimum atomic E-state index is -5.08. The summed E-state index contributed by atoms with van der Waals surface area (Å²) in [5, 5.41) is 30.4. The highest BCUT2D eigenvalue weighted by atomic mass is 19.4. The minimum Gasteiger partial charge on any atom is -0.475 e. The zero-order valence-electron chi connectivity index (χ0n) is 23.4. The Morgan fingerprint density at radius 3 is 1.89 bits per heavy atom. The average Bonchev–Trinajstić information content (AvgIpc) is 2.96. The van der Waals surface area contributed by atoms with Gasteiger partial charge in [-0.3, -0.25) is 15.0 Å². The lowest BCUT2D eigenvalue weighted by Gasteiger charge is -2.30. The van der Waals surface area contributed by atoms with Crippen molar-refractivity contribution in [3.05, 3.63) is 71.0 Å². The van der Waals surface area contributed by atoms with Crippen molar-refractivity contribution >= 4 is 29.6 Å². The van der Waals surface area contributed by atoms with Crippen molar-refractivity contribution in [3.8, 4) is 0 Å². The number of benzene rings is 2. The number of amides is 2. The number of alkyl halides is 6. The van der Waals surface area contributed by atoms with Gasteiger partial charge in [-0.15, -0.1) is 0 Å². The Bertz CT molecular complexity index is 1300. The number of amidine groups is 1. The summed E-state index contributed by atoms with van der Waals surface area (Å²) in [6.07, 6.45) is -8.71. The fourth-order valence-electron chi connectivity index (χ4n) is 3.68. The number of halogens is 7. The molecule has 0 aliphatic carbocycles. The molecule has 3 atom stereocenters. The molecule has 0 saturated carbocycles. The molecule has 1 unspecified atom stereocenters. The molecular weight excluding hydrogens is 623 g/mol. The second-order valence-electron chi connectivity index (χ2n) is 9.44. The van der Waals surface area contributed by atoms with Gasteiger partial charge >= 0.3 is 24.3 Å². The van der Waals surface area contributed by atoms with Crippen LogP contribution in [0.25, 0.3) is 0 Å². The smallest absolute Gasteiger partial charge is 0.475 e. The summed E-state index contributed by atoms with van der Waals surface area (Å²) < 4.78 is 76.6. The van der Waals surface area contributed by atoms with Gasteiger partial charge in [0.15, 0.2) is 0 Å². The van der Waals surface area contributed by atoms with E-state index in [1.54, 1.807) is 43.3 Å². The molecule has 3 rings (SSSR count). The van der Waals surface area contributed by atoms with Crippen LogP contribution in [0.1, 0.15) is 42.4 Å². The molecule has 1 fully saturated rings. The predicted molar refractivity (Wildman–Crippen MR) is 144 cm³/mol. The zero-order chi connectivity index (χ0) is 34.5. The first-order valence-electron chi connectivity index (χ1n) is 12.8. The van der Waals surface area contributed by atoms with Crippen LogP contribution in [0.15, 0.2) is 48.5 Å². The van der Waals surface area contributed by atoms with Gasteiger partial charge in [-0.1, -0.05) is 36.4 Å². The molecule has 1 heterocycles. The number of nitrogens with one attached hydrogen (secondary N) is 4. The quantitative estimate of drug-likeness (QED) is 0.135. The molecule has 2 aromatic rings. The zero-order valence-corrected chi connectivity index (χ0v) is 23.4. The van der Waals surface area contributed by atoms with Crippen molar-refractivity contribution in [1.29, 1.82) is 5.41 Å². The van der Waals surface area contributed by atoms with E-state index >= 15 is 0 Å². The van der Waals surface area contributed by atoms with Crippen molar-refractivity contribution < 1.29 is 60.1 Å². The van der Waals surface area contributed by atoms with Crippen LogP contribution in [0, 0.1) is 11.2 Å². The van der Waals surface area contributed by atoms with E-state index in [1.807, 2.05) is 0 Å². The Hall–Kier alpha value is -4.74. The molecule has 1 saturated heterocycles. The summed E-state index contributed by atoms with van der Waals surface area (Å²) in [7, 11) is 0. The van der Waals surface area contributed by atoms with Crippen LogP contribution in [0.3, 0.4) is 0 Å². The molecule has 1 aliphatic heterocycles. The molecule has 0 radical (unpaired) electrons. The molecule has 8 N–H and O–H groups in total. The third-order valence-electron chi connectivity index (χ3n) is 6.03. The fraction of sp³-hybridized carbons (Fsp3) is 0.370. The number of carbonyl (C=O) groups is 4. The Morgan fingerprint density at radius 2 is 1.44 bits per heavy atom. The Morgan fingerprint density at radius 1 is 0.956 bits per heavy atom. The van der Waals surface area contributed by atoms with Gasteiger partial charge in [0.1, 0.15) is 17.7 Å². The maximum atomic E-state index is 13.2. The molecule has 1 aliphatic rings. The third kappa shape index (κ3) is 14.1. The molecule has 11 nitrogen and oxygen atoms in total. The molecule has 18 heteroatoms. The number of carboxylic acids is 2. The number of carboxylic acid groups (broad SMARTS) is 2. The first kappa shape index (κ1) is 38.3. The standard InChI is InChI=1S/C23H28FN5O2.2C2HF3O2/c1-14(22(30)28-13-15-2-4-17(5-3-15)21(25)26)29-23(31)20-12-18(10-11-27-20)16-6-8-19(24)9-7-16;2*3-2(4,5)1(6)7/h2-9,14,18,20,27H,10-13H2,1H3,(H3,25,26)(H,28,30)(H,29,31);2*(H,6,7)/t14?,18-,20+;;/m0../s1. The maximum absolute atomic E-state index is 13.2. The van der Waals surface area contributed by atoms with E-state index in [1.165, 1.54) is 12.1 Å². The summed E-state index contributed by atoms with van der Waals surface area (Å²) in [5.41, 5.74) is 7.94. The van der Waals surface area contributed by atoms with Crippen molar-refractivity contribution in [2.24, 2.45) is 5.73 Å². The van der Waals surface area contributed by atoms with Crippen molar-refractivity contribution in [2.45, 2.75) is 56.7 Å². The second kappa shape index (κ2) is 16.9. The van der Waals surface area contributed by atoms with E-state index in [0.29, 0.717) is 25.1 Å². The van der Waals surface area contributed by atoms with Gasteiger partial charge in [-0.25, -0.2) is 14.0 Å². The summed E-state index contributed by atoms with van der Waals surface area (Å²) in [6, 6.07) is 12.3. The highest BCUT2D eigenvalue weighted by Gasteiger charge is 2.39. The van der Waals surface area contributed by atoms with E-state index < -0.39 is 36.4 Å². The molecule has 0 aromatic heterocycles. The second-order valence-corrected chi connectivity index (χ2v) is 9.44. The van der Waals surface area contributed by atoms with E-state index in [2.05, 4.69) is 16.0 Å². The lowest BCUT2D eigenvalue weighted by molar-refractivity contribution is -0.193. The van der Waals surface area contributed by atoms with E-state index in [4.69, 9.17) is 30.9 Å². The molecule has 2 aromatic carbocycles. The number of nitrogen functional groups attached to an aromatic ring is 1. The van der Waals surface area contributed by atoms with Crippen molar-refractivity contribution in [1.82, 2.24) is 16.0 Å². The van der Waals surface area contributed by atoms with Gasteiger partial charge in [0, 0.05) is 12.1 Å². The largest absolute Gasteiger partial charge is 0.490 e. The SMILES string of the molecule is CC(NC(=O)[C@H]1C[C@@H](c2ccc(F)cc2)CCN1)C(=O)NCc1ccc(C(=N)N)cc1.O=C(O)C(F)(F)F.O=C(O)C(F)(F)F. The van der Waals surface area contributed by atoms with Gasteiger partial charge in [-0.05, 0) is 55.5 Å². The number of nitrogens with two attached hydrogens (primary N) is 1. The lowest BCUT2D eigenvalue weighted by atomic mass is 9.86. The van der Waals surface area contributed by atoms with Crippen LogP contribution in [0.5, 0.6) is 0 Å². The van der Waals surface area contributed by atoms with Crippen LogP contribution in [-0.4, -0.2) is 70.8 Å². The van der Waals surface area contributed by atoms with Gasteiger partial charge in [0.25, 0.3) is 0 Å². The third-order valence-corrected chi connectivity index (χ3v) is 6.03. The summed E-state index contributed by atoms with van der Waals surface area (Å²) in [6.45, 7) is 2.63. The lowest BCUT2D eigenvalue weighted by Crippen LogP contribution is -2.53. The topological polar surface area (TPSA) is 195 Å². The fourth-order valence-corrected chi connectivity index (χ4v) is 3.68. The monoisotopic (exact) mass is 653 g/mol. The number of hydrogen-bond acceptors (Lipinski definition) is 6. The number of rotatable bonds is 7. The van der Waals surface area contributed by atoms with Crippen molar-refractivity contribution in [3.63, 3.8) is 0 Å². The number of piperidine rings is 1. The predicted octanol–water partition coefficient (Wildman–Crippen LogP) is 3.03. The van der Waals surface area contributed by atoms with Gasteiger partial charge in [0.2, 0.25) is 11.8 Å². The molecule has 45 heavy (non-hydrogen) atoms. The number of carbonyl (C=O) groups excluding carboxylic acids is 2. The summed E-state index contributed by atoms with van der Waals surface area (Å²) in [4.78, 5) is 42.9. The van der Waals surface area contributed by atoms with Crippen LogP contribution in [0.4, 0.5) is 30.7 Å². The van der Waals surface area contributed by atoms with E-state index in [9.17, 15) is 40.3 Å². The highest BCUT2D eigenvalue weighted by molar-refractivity contribution is 5.95. The van der Waals surface area contributed by atoms with Crippen LogP contribution < -0.4 is 21.7 Å². The average molecular weight is 654 g/mol. The van der Waals surface area contributed by atoms with Crippen LogP contribution >= 0.6 is 0 Å². The molecule has 0 spiro atoms. The Kier molecular flexibility index (Phi) is 14.4. The highest BCUT2D eigenvalue weighted by Crippen LogP contribution is 2.28. The number of aliphatic carboxylic acids is 2. The molecular formula is C27H30F7N5O6. The molecule has 2 amide bonds. The van der Waals surface area contributed by atoms with Gasteiger partial charge < -0.3 is 31.9 Å².